The summed E-state index contributed by atoms with van der Waals surface area (Å²) in [5.41, 5.74) is 5.54. The van der Waals surface area contributed by atoms with E-state index < -0.39 is 0 Å². The number of hydrogen-bond acceptors (Lipinski definition) is 3. The van der Waals surface area contributed by atoms with E-state index in [1.54, 1.807) is 0 Å². The molecule has 0 spiro atoms. The lowest BCUT2D eigenvalue weighted by molar-refractivity contribution is 0.278. The van der Waals surface area contributed by atoms with Gasteiger partial charge < -0.3 is 10.9 Å². The quantitative estimate of drug-likeness (QED) is 0.296. The van der Waals surface area contributed by atoms with Crippen LogP contribution in [0.25, 0.3) is 0 Å². The molecule has 1 aliphatic rings. The van der Waals surface area contributed by atoms with Crippen molar-refractivity contribution in [2.45, 2.75) is 32.7 Å². The van der Waals surface area contributed by atoms with Crippen LogP contribution in [0.3, 0.4) is 0 Å². The van der Waals surface area contributed by atoms with Crippen LogP contribution in [-0.4, -0.2) is 35.1 Å². The molecule has 0 bridgehead atoms. The molecule has 0 aromatic rings. The molecule has 4 heteroatoms. The molecule has 0 aromatic carbocycles. The van der Waals surface area contributed by atoms with Crippen LogP contribution >= 0.6 is 0 Å². The van der Waals surface area contributed by atoms with Crippen molar-refractivity contribution in [1.29, 1.82) is 0 Å². The van der Waals surface area contributed by atoms with Gasteiger partial charge in [0.05, 0.1) is 6.04 Å². The molecule has 13 heavy (non-hydrogen) atoms. The molecular formula is C9H19N3O. The summed E-state index contributed by atoms with van der Waals surface area (Å²) in [6, 6.07) is 0.0709. The van der Waals surface area contributed by atoms with Crippen molar-refractivity contribution < 1.29 is 5.21 Å². The number of nitrogens with two attached hydrogens (primary N) is 1. The maximum atomic E-state index is 8.52. The Balaban J connectivity index is 2.46. The first-order valence-electron chi connectivity index (χ1n) is 4.90. The first kappa shape index (κ1) is 10.3. The zero-order valence-electron chi connectivity index (χ0n) is 8.40. The molecule has 1 saturated heterocycles. The monoisotopic (exact) mass is 185 g/mol. The van der Waals surface area contributed by atoms with Crippen LogP contribution in [0, 0.1) is 5.92 Å². The van der Waals surface area contributed by atoms with E-state index in [9.17, 15) is 0 Å². The topological polar surface area (TPSA) is 61.8 Å². The molecule has 1 heterocycles. The highest BCUT2D eigenvalue weighted by Gasteiger charge is 2.26. The highest BCUT2D eigenvalue weighted by atomic mass is 16.4. The molecule has 1 fully saturated rings. The molecule has 2 unspecified atom stereocenters. The lowest BCUT2D eigenvalue weighted by Gasteiger charge is -2.22. The molecule has 0 saturated carbocycles. The fraction of sp³-hybridized carbons (Fsp3) is 0.889. The highest BCUT2D eigenvalue weighted by Crippen LogP contribution is 2.20. The number of hydrogen-bond donors (Lipinski definition) is 2. The van der Waals surface area contributed by atoms with Gasteiger partial charge in [-0.25, -0.2) is 0 Å². The number of rotatable bonds is 3. The van der Waals surface area contributed by atoms with Crippen molar-refractivity contribution in [3.8, 4) is 0 Å². The maximum absolute atomic E-state index is 8.52. The van der Waals surface area contributed by atoms with Gasteiger partial charge in [0.25, 0.3) is 0 Å². The average molecular weight is 185 g/mol. The van der Waals surface area contributed by atoms with Gasteiger partial charge in [0, 0.05) is 6.54 Å². The fourth-order valence-corrected chi connectivity index (χ4v) is 1.82. The van der Waals surface area contributed by atoms with Crippen LogP contribution in [0.15, 0.2) is 5.16 Å². The Hall–Kier alpha value is -0.770. The Labute approximate surface area is 79.4 Å². The number of amidine groups is 1. The second-order valence-corrected chi connectivity index (χ2v) is 3.76. The Morgan fingerprint density at radius 2 is 2.46 bits per heavy atom. The zero-order valence-corrected chi connectivity index (χ0v) is 8.40. The van der Waals surface area contributed by atoms with Crippen LogP contribution in [0.2, 0.25) is 0 Å². The van der Waals surface area contributed by atoms with E-state index in [4.69, 9.17) is 10.9 Å². The summed E-state index contributed by atoms with van der Waals surface area (Å²) in [6.45, 7) is 6.33. The van der Waals surface area contributed by atoms with E-state index in [2.05, 4.69) is 17.0 Å². The number of likely N-dealkylation sites (tertiary alicyclic amines) is 1. The molecule has 1 aliphatic heterocycles. The summed E-state index contributed by atoms with van der Waals surface area (Å²) in [5.74, 6) is 1.10. The van der Waals surface area contributed by atoms with E-state index in [1.165, 1.54) is 12.8 Å². The molecule has 0 aliphatic carbocycles. The summed E-state index contributed by atoms with van der Waals surface area (Å²) in [7, 11) is 0. The van der Waals surface area contributed by atoms with Gasteiger partial charge in [-0.15, -0.1) is 0 Å². The van der Waals surface area contributed by atoms with Crippen molar-refractivity contribution in [2.24, 2.45) is 16.8 Å². The predicted molar refractivity (Wildman–Crippen MR) is 52.8 cm³/mol. The van der Waals surface area contributed by atoms with Gasteiger partial charge in [-0.3, -0.25) is 4.90 Å². The molecule has 0 radical (unpaired) electrons. The lowest BCUT2D eigenvalue weighted by atomic mass is 10.1. The Morgan fingerprint density at radius 1 is 1.77 bits per heavy atom. The van der Waals surface area contributed by atoms with Crippen molar-refractivity contribution >= 4 is 5.84 Å². The average Bonchev–Trinajstić information content (AvgIpc) is 2.63. The van der Waals surface area contributed by atoms with Gasteiger partial charge in [-0.1, -0.05) is 18.5 Å². The lowest BCUT2D eigenvalue weighted by Crippen LogP contribution is -2.41. The van der Waals surface area contributed by atoms with Crippen LogP contribution in [0.1, 0.15) is 26.7 Å². The van der Waals surface area contributed by atoms with Crippen LogP contribution in [-0.2, 0) is 0 Å². The van der Waals surface area contributed by atoms with Gasteiger partial charge >= 0.3 is 0 Å². The molecule has 2 atom stereocenters. The first-order chi connectivity index (χ1) is 6.19. The van der Waals surface area contributed by atoms with Crippen molar-refractivity contribution in [1.82, 2.24) is 4.90 Å². The van der Waals surface area contributed by atoms with E-state index in [0.717, 1.165) is 19.0 Å². The molecule has 0 aromatic heterocycles. The molecular weight excluding hydrogens is 166 g/mol. The Morgan fingerprint density at radius 3 is 2.92 bits per heavy atom. The van der Waals surface area contributed by atoms with Crippen LogP contribution in [0.4, 0.5) is 0 Å². The first-order valence-corrected chi connectivity index (χ1v) is 4.90. The standard InChI is InChI=1S/C9H19N3O/c1-3-8-4-5-12(6-8)7(2)9(10)11-13/h7-8,13H,3-6H2,1-2H3,(H2,10,11). The highest BCUT2D eigenvalue weighted by molar-refractivity contribution is 5.84. The minimum atomic E-state index is 0.0709. The summed E-state index contributed by atoms with van der Waals surface area (Å²) in [4.78, 5) is 2.27. The zero-order chi connectivity index (χ0) is 9.84. The Bertz CT molecular complexity index is 193. The van der Waals surface area contributed by atoms with E-state index in [0.29, 0.717) is 5.84 Å². The third-order valence-electron chi connectivity index (χ3n) is 2.99. The summed E-state index contributed by atoms with van der Waals surface area (Å²) in [5, 5.41) is 11.6. The molecule has 1 rings (SSSR count). The normalized spacial score (nSPS) is 27.8. The van der Waals surface area contributed by atoms with Gasteiger partial charge in [-0.05, 0) is 25.8 Å². The SMILES string of the molecule is CCC1CCN(C(C)C(N)=NO)C1. The van der Waals surface area contributed by atoms with Crippen LogP contribution < -0.4 is 5.73 Å². The summed E-state index contributed by atoms with van der Waals surface area (Å²) >= 11 is 0. The largest absolute Gasteiger partial charge is 0.409 e. The third-order valence-corrected chi connectivity index (χ3v) is 2.99. The van der Waals surface area contributed by atoms with Crippen molar-refractivity contribution in [3.05, 3.63) is 0 Å². The Kier molecular flexibility index (Phi) is 3.54. The minimum absolute atomic E-state index is 0.0709. The van der Waals surface area contributed by atoms with E-state index >= 15 is 0 Å². The number of nitrogens with zero attached hydrogens (tertiary/aromatic N) is 2. The van der Waals surface area contributed by atoms with Crippen molar-refractivity contribution in [2.75, 3.05) is 13.1 Å². The molecule has 4 nitrogen and oxygen atoms in total. The smallest absolute Gasteiger partial charge is 0.156 e. The fourth-order valence-electron chi connectivity index (χ4n) is 1.82. The van der Waals surface area contributed by atoms with E-state index in [1.807, 2.05) is 6.92 Å². The molecule has 3 N–H and O–H groups in total. The maximum Gasteiger partial charge on any atom is 0.156 e. The van der Waals surface area contributed by atoms with Gasteiger partial charge in [0.15, 0.2) is 5.84 Å². The third kappa shape index (κ3) is 2.34. The van der Waals surface area contributed by atoms with Crippen LogP contribution in [0.5, 0.6) is 0 Å². The number of oxime groups is 1. The summed E-state index contributed by atoms with van der Waals surface area (Å²) in [6.07, 6.45) is 2.46. The second-order valence-electron chi connectivity index (χ2n) is 3.76. The summed E-state index contributed by atoms with van der Waals surface area (Å²) < 4.78 is 0. The van der Waals surface area contributed by atoms with E-state index in [-0.39, 0.29) is 6.04 Å². The van der Waals surface area contributed by atoms with Gasteiger partial charge in [0.1, 0.15) is 0 Å². The van der Waals surface area contributed by atoms with Crippen molar-refractivity contribution in [3.63, 3.8) is 0 Å². The van der Waals surface area contributed by atoms with Gasteiger partial charge in [-0.2, -0.15) is 0 Å². The molecule has 76 valence electrons. The molecule has 0 amide bonds. The predicted octanol–water partition coefficient (Wildman–Crippen LogP) is 0.853. The second kappa shape index (κ2) is 4.46. The van der Waals surface area contributed by atoms with Gasteiger partial charge in [0.2, 0.25) is 0 Å². The minimum Gasteiger partial charge on any atom is -0.409 e.